The van der Waals surface area contributed by atoms with Crippen molar-refractivity contribution in [2.45, 2.75) is 37.3 Å². The quantitative estimate of drug-likeness (QED) is 0.787. The van der Waals surface area contributed by atoms with E-state index in [9.17, 15) is 9.59 Å². The second kappa shape index (κ2) is 3.98. The van der Waals surface area contributed by atoms with Crippen LogP contribution in [0.2, 0.25) is 0 Å². The maximum atomic E-state index is 12.3. The summed E-state index contributed by atoms with van der Waals surface area (Å²) in [7, 11) is 1.57. The fraction of sp³-hybridized carbons (Fsp3) is 0.467. The Hall–Kier alpha value is -2.04. The molecule has 20 heavy (non-hydrogen) atoms. The summed E-state index contributed by atoms with van der Waals surface area (Å²) >= 11 is 0. The second-order valence-corrected chi connectivity index (χ2v) is 5.86. The molecule has 104 valence electrons. The van der Waals surface area contributed by atoms with Crippen LogP contribution in [-0.4, -0.2) is 13.9 Å². The van der Waals surface area contributed by atoms with Crippen molar-refractivity contribution < 1.29 is 0 Å². The lowest BCUT2D eigenvalue weighted by Crippen LogP contribution is -2.45. The first-order chi connectivity index (χ1) is 9.68. The molecular formula is C15H17N3O2. The molecule has 2 aromatic rings. The number of rotatable bonds is 1. The zero-order valence-electron chi connectivity index (χ0n) is 11.4. The zero-order chi connectivity index (χ0) is 13.9. The highest BCUT2D eigenvalue weighted by atomic mass is 16.2. The van der Waals surface area contributed by atoms with E-state index in [2.05, 4.69) is 12.1 Å². The first-order valence-electron chi connectivity index (χ1n) is 7.13. The number of aromatic nitrogens is 3. The standard InChI is InChI=1S/C15H17N3O2/c1-16-14(19)17-11-7-8-13(18(17)15(16)20)12(9-11)10-5-3-2-4-6-10/h2-6,11-13H,7-9H2,1H3/t11-,12-,13+/m1/s1. The Morgan fingerprint density at radius 1 is 1.00 bits per heavy atom. The number of fused-ring (bicyclic) bond motifs is 2. The number of hydrogen-bond donors (Lipinski definition) is 0. The van der Waals surface area contributed by atoms with Crippen molar-refractivity contribution in [3.05, 3.63) is 56.9 Å². The van der Waals surface area contributed by atoms with E-state index in [0.29, 0.717) is 5.92 Å². The Labute approximate surface area is 116 Å². The molecule has 3 heterocycles. The van der Waals surface area contributed by atoms with Crippen LogP contribution in [0.5, 0.6) is 0 Å². The molecule has 0 radical (unpaired) electrons. The normalized spacial score (nSPS) is 27.6. The molecule has 1 aromatic heterocycles. The fourth-order valence-corrected chi connectivity index (χ4v) is 3.91. The van der Waals surface area contributed by atoms with Gasteiger partial charge in [0.05, 0.1) is 12.1 Å². The van der Waals surface area contributed by atoms with Crippen LogP contribution in [0.3, 0.4) is 0 Å². The Bertz CT molecular complexity index is 769. The molecule has 5 rings (SSSR count). The third-order valence-electron chi connectivity index (χ3n) is 4.87. The van der Waals surface area contributed by atoms with Gasteiger partial charge in [-0.05, 0) is 24.8 Å². The summed E-state index contributed by atoms with van der Waals surface area (Å²) in [5.41, 5.74) is 0.929. The summed E-state index contributed by atoms with van der Waals surface area (Å²) in [4.78, 5) is 24.5. The molecule has 5 heteroatoms. The predicted molar refractivity (Wildman–Crippen MR) is 75.0 cm³/mol. The van der Waals surface area contributed by atoms with E-state index in [1.165, 1.54) is 10.1 Å². The molecule has 5 nitrogen and oxygen atoms in total. The molecule has 3 aliphatic rings. The van der Waals surface area contributed by atoms with Crippen molar-refractivity contribution in [2.75, 3.05) is 0 Å². The van der Waals surface area contributed by atoms with Crippen LogP contribution in [0, 0.1) is 0 Å². The lowest BCUT2D eigenvalue weighted by atomic mass is 9.76. The van der Waals surface area contributed by atoms with Gasteiger partial charge in [-0.2, -0.15) is 0 Å². The summed E-state index contributed by atoms with van der Waals surface area (Å²) in [5, 5.41) is 0. The first kappa shape index (κ1) is 11.8. The van der Waals surface area contributed by atoms with Gasteiger partial charge in [-0.15, -0.1) is 0 Å². The van der Waals surface area contributed by atoms with E-state index in [1.807, 2.05) is 18.2 Å². The predicted octanol–water partition coefficient (Wildman–Crippen LogP) is 1.41. The molecule has 3 atom stereocenters. The van der Waals surface area contributed by atoms with Gasteiger partial charge in [0.2, 0.25) is 0 Å². The minimum Gasteiger partial charge on any atom is -0.246 e. The third kappa shape index (κ3) is 1.38. The van der Waals surface area contributed by atoms with Gasteiger partial charge in [-0.3, -0.25) is 0 Å². The van der Waals surface area contributed by atoms with Crippen LogP contribution in [0.15, 0.2) is 39.9 Å². The molecule has 0 spiro atoms. The van der Waals surface area contributed by atoms with Crippen LogP contribution in [0.4, 0.5) is 0 Å². The Kier molecular flexibility index (Phi) is 2.34. The van der Waals surface area contributed by atoms with Crippen LogP contribution < -0.4 is 11.4 Å². The van der Waals surface area contributed by atoms with Crippen molar-refractivity contribution >= 4 is 0 Å². The average Bonchev–Trinajstić information content (AvgIpc) is 2.75. The molecule has 0 amide bonds. The number of nitrogens with zero attached hydrogens (tertiary/aromatic N) is 3. The lowest BCUT2D eigenvalue weighted by Gasteiger charge is -2.43. The van der Waals surface area contributed by atoms with Gasteiger partial charge in [-0.1, -0.05) is 30.3 Å². The van der Waals surface area contributed by atoms with E-state index >= 15 is 0 Å². The van der Waals surface area contributed by atoms with Crippen molar-refractivity contribution in [1.29, 1.82) is 0 Å². The topological polar surface area (TPSA) is 48.9 Å². The Morgan fingerprint density at radius 2 is 1.70 bits per heavy atom. The molecular weight excluding hydrogens is 254 g/mol. The van der Waals surface area contributed by atoms with Crippen molar-refractivity contribution in [3.8, 4) is 0 Å². The monoisotopic (exact) mass is 271 g/mol. The van der Waals surface area contributed by atoms with Crippen LogP contribution in [0.25, 0.3) is 0 Å². The smallest absolute Gasteiger partial charge is 0.246 e. The lowest BCUT2D eigenvalue weighted by molar-refractivity contribution is 0.111. The fourth-order valence-electron chi connectivity index (χ4n) is 3.91. The summed E-state index contributed by atoms with van der Waals surface area (Å²) in [5.74, 6) is 0.342. The molecule has 1 aliphatic carbocycles. The molecule has 1 fully saturated rings. The maximum Gasteiger partial charge on any atom is 0.347 e. The van der Waals surface area contributed by atoms with Gasteiger partial charge >= 0.3 is 11.4 Å². The van der Waals surface area contributed by atoms with E-state index in [1.54, 1.807) is 16.4 Å². The van der Waals surface area contributed by atoms with Crippen molar-refractivity contribution in [1.82, 2.24) is 13.9 Å². The van der Waals surface area contributed by atoms with E-state index in [0.717, 1.165) is 19.3 Å². The van der Waals surface area contributed by atoms with Crippen LogP contribution >= 0.6 is 0 Å². The summed E-state index contributed by atoms with van der Waals surface area (Å²) in [6.45, 7) is 0. The maximum absolute atomic E-state index is 12.3. The number of hydrogen-bond acceptors (Lipinski definition) is 2. The highest BCUT2D eigenvalue weighted by Gasteiger charge is 2.42. The molecule has 2 aliphatic heterocycles. The SMILES string of the molecule is Cn1c(=O)n2n(c1=O)[C@H]1CC[C@@H]2C[C@@H]1c1ccccc1. The van der Waals surface area contributed by atoms with Crippen molar-refractivity contribution in [2.24, 2.45) is 7.05 Å². The highest BCUT2D eigenvalue weighted by molar-refractivity contribution is 5.23. The Balaban J connectivity index is 1.90. The molecule has 0 unspecified atom stereocenters. The summed E-state index contributed by atoms with van der Waals surface area (Å²) < 4.78 is 4.63. The van der Waals surface area contributed by atoms with Gasteiger partial charge in [0, 0.05) is 13.0 Å². The highest BCUT2D eigenvalue weighted by Crippen LogP contribution is 2.48. The molecule has 0 saturated heterocycles. The molecule has 1 saturated carbocycles. The van der Waals surface area contributed by atoms with Crippen molar-refractivity contribution in [3.63, 3.8) is 0 Å². The molecule has 1 aromatic carbocycles. The summed E-state index contributed by atoms with van der Waals surface area (Å²) in [6.07, 6.45) is 2.93. The Morgan fingerprint density at radius 3 is 2.45 bits per heavy atom. The zero-order valence-corrected chi connectivity index (χ0v) is 11.4. The summed E-state index contributed by atoms with van der Waals surface area (Å²) in [6, 6.07) is 10.6. The van der Waals surface area contributed by atoms with Crippen LogP contribution in [-0.2, 0) is 7.05 Å². The van der Waals surface area contributed by atoms with Gasteiger partial charge in [0.25, 0.3) is 0 Å². The number of benzene rings is 1. The first-order valence-corrected chi connectivity index (χ1v) is 7.13. The van der Waals surface area contributed by atoms with E-state index in [4.69, 9.17) is 0 Å². The van der Waals surface area contributed by atoms with Gasteiger partial charge < -0.3 is 0 Å². The molecule has 2 bridgehead atoms. The van der Waals surface area contributed by atoms with Gasteiger partial charge in [0.15, 0.2) is 0 Å². The minimum atomic E-state index is -0.176. The minimum absolute atomic E-state index is 0.115. The second-order valence-electron chi connectivity index (χ2n) is 5.86. The molecule has 0 N–H and O–H groups in total. The van der Waals surface area contributed by atoms with Gasteiger partial charge in [-0.25, -0.2) is 23.5 Å². The third-order valence-corrected chi connectivity index (χ3v) is 4.87. The van der Waals surface area contributed by atoms with E-state index in [-0.39, 0.29) is 23.5 Å². The van der Waals surface area contributed by atoms with E-state index < -0.39 is 0 Å². The largest absolute Gasteiger partial charge is 0.347 e. The van der Waals surface area contributed by atoms with Gasteiger partial charge in [0.1, 0.15) is 0 Å². The van der Waals surface area contributed by atoms with Crippen LogP contribution in [0.1, 0.15) is 42.8 Å². The average molecular weight is 271 g/mol.